The second-order valence-electron chi connectivity index (χ2n) is 7.93. The average molecular weight is 367 g/mol. The second kappa shape index (κ2) is 6.10. The maximum absolute atomic E-state index is 2.41. The summed E-state index contributed by atoms with van der Waals surface area (Å²) in [7, 11) is 0. The maximum atomic E-state index is 2.41. The summed E-state index contributed by atoms with van der Waals surface area (Å²) in [6.45, 7) is 11.6. The normalized spacial score (nSPS) is 14.0. The summed E-state index contributed by atoms with van der Waals surface area (Å²) in [5, 5.41) is 5.54. The standard InChI is InChI=1S/C23H26S2/c1-6-14(3)19-12-17-8-15-11-21-18(9-16(15)10-20(17)24-19)13-22(25-21)23(4,5)7-2/h8-14H,6-7H2,1-5H3. The van der Waals surface area contributed by atoms with Gasteiger partial charge in [0.05, 0.1) is 0 Å². The molecule has 4 aromatic rings. The topological polar surface area (TPSA) is 0 Å². The summed E-state index contributed by atoms with van der Waals surface area (Å²) in [5.74, 6) is 0.655. The Hall–Kier alpha value is -1.38. The third-order valence-electron chi connectivity index (χ3n) is 5.78. The summed E-state index contributed by atoms with van der Waals surface area (Å²) >= 11 is 3.93. The van der Waals surface area contributed by atoms with Crippen molar-refractivity contribution in [3.05, 3.63) is 46.2 Å². The van der Waals surface area contributed by atoms with E-state index in [4.69, 9.17) is 0 Å². The van der Waals surface area contributed by atoms with Crippen LogP contribution in [0.2, 0.25) is 0 Å². The van der Waals surface area contributed by atoms with Crippen LogP contribution in [-0.2, 0) is 5.41 Å². The number of thiophene rings is 2. The summed E-state index contributed by atoms with van der Waals surface area (Å²) < 4.78 is 2.84. The fourth-order valence-electron chi connectivity index (χ4n) is 3.30. The first-order valence-electron chi connectivity index (χ1n) is 9.32. The van der Waals surface area contributed by atoms with Crippen LogP contribution in [-0.4, -0.2) is 0 Å². The summed E-state index contributed by atoms with van der Waals surface area (Å²) in [6, 6.07) is 14.4. The van der Waals surface area contributed by atoms with Crippen LogP contribution in [0.4, 0.5) is 0 Å². The van der Waals surface area contributed by atoms with Gasteiger partial charge in [0.1, 0.15) is 0 Å². The molecule has 0 radical (unpaired) electrons. The molecule has 0 fully saturated rings. The smallest absolute Gasteiger partial charge is 0.0352 e. The Balaban J connectivity index is 1.89. The van der Waals surface area contributed by atoms with E-state index in [1.807, 2.05) is 22.7 Å². The Bertz CT molecular complexity index is 991. The predicted molar refractivity (Wildman–Crippen MR) is 117 cm³/mol. The van der Waals surface area contributed by atoms with E-state index in [9.17, 15) is 0 Å². The Morgan fingerprint density at radius 2 is 1.40 bits per heavy atom. The average Bonchev–Trinajstić information content (AvgIpc) is 3.20. The van der Waals surface area contributed by atoms with E-state index >= 15 is 0 Å². The molecule has 0 aliphatic rings. The highest BCUT2D eigenvalue weighted by molar-refractivity contribution is 7.19. The third-order valence-corrected chi connectivity index (χ3v) is 8.57. The molecule has 130 valence electrons. The van der Waals surface area contributed by atoms with Gasteiger partial charge in [-0.15, -0.1) is 22.7 Å². The zero-order valence-corrected chi connectivity index (χ0v) is 17.4. The maximum Gasteiger partial charge on any atom is 0.0352 e. The predicted octanol–water partition coefficient (Wildman–Crippen LogP) is 8.47. The van der Waals surface area contributed by atoms with Crippen LogP contribution in [0.3, 0.4) is 0 Å². The highest BCUT2D eigenvalue weighted by Gasteiger charge is 2.21. The Labute approximate surface area is 158 Å². The fraction of sp³-hybridized carbons (Fsp3) is 0.391. The molecule has 0 bridgehead atoms. The minimum absolute atomic E-state index is 0.265. The van der Waals surface area contributed by atoms with Gasteiger partial charge in [0.2, 0.25) is 0 Å². The van der Waals surface area contributed by atoms with Crippen molar-refractivity contribution in [2.75, 3.05) is 0 Å². The molecule has 0 aliphatic carbocycles. The van der Waals surface area contributed by atoms with Crippen molar-refractivity contribution in [1.29, 1.82) is 0 Å². The summed E-state index contributed by atoms with van der Waals surface area (Å²) in [5.41, 5.74) is 0.265. The van der Waals surface area contributed by atoms with Gasteiger partial charge >= 0.3 is 0 Å². The summed E-state index contributed by atoms with van der Waals surface area (Å²) in [6.07, 6.45) is 2.38. The van der Waals surface area contributed by atoms with E-state index in [1.54, 1.807) is 0 Å². The van der Waals surface area contributed by atoms with Crippen molar-refractivity contribution in [2.45, 2.75) is 58.8 Å². The molecule has 25 heavy (non-hydrogen) atoms. The van der Waals surface area contributed by atoms with Crippen LogP contribution < -0.4 is 0 Å². The van der Waals surface area contributed by atoms with Crippen LogP contribution in [0.25, 0.3) is 30.9 Å². The van der Waals surface area contributed by atoms with Gasteiger partial charge in [-0.2, -0.15) is 0 Å². The van der Waals surface area contributed by atoms with Gasteiger partial charge in [0.15, 0.2) is 0 Å². The SMILES string of the molecule is CCC(C)c1cc2cc3cc4sc(C(C)(C)CC)cc4cc3cc2s1. The molecule has 0 saturated heterocycles. The van der Waals surface area contributed by atoms with Crippen LogP contribution >= 0.6 is 22.7 Å². The molecule has 0 aliphatic heterocycles. The van der Waals surface area contributed by atoms with Crippen LogP contribution in [0.1, 0.15) is 63.1 Å². The van der Waals surface area contributed by atoms with E-state index in [2.05, 4.69) is 71.0 Å². The quantitative estimate of drug-likeness (QED) is 0.340. The molecule has 0 nitrogen and oxygen atoms in total. The van der Waals surface area contributed by atoms with Gasteiger partial charge in [-0.1, -0.05) is 34.6 Å². The molecule has 2 aromatic carbocycles. The lowest BCUT2D eigenvalue weighted by atomic mass is 9.88. The highest BCUT2D eigenvalue weighted by atomic mass is 32.1. The Kier molecular flexibility index (Phi) is 4.16. The number of fused-ring (bicyclic) bond motifs is 3. The van der Waals surface area contributed by atoms with Gasteiger partial charge in [-0.3, -0.25) is 0 Å². The number of hydrogen-bond donors (Lipinski definition) is 0. The van der Waals surface area contributed by atoms with Crippen molar-refractivity contribution in [1.82, 2.24) is 0 Å². The molecule has 0 spiro atoms. The molecular formula is C23H26S2. The van der Waals surface area contributed by atoms with E-state index in [1.165, 1.54) is 53.5 Å². The van der Waals surface area contributed by atoms with E-state index in [0.717, 1.165) is 0 Å². The molecule has 2 aromatic heterocycles. The van der Waals surface area contributed by atoms with Gasteiger partial charge in [0.25, 0.3) is 0 Å². The minimum Gasteiger partial charge on any atom is -0.140 e. The van der Waals surface area contributed by atoms with Gasteiger partial charge in [-0.25, -0.2) is 0 Å². The molecule has 1 unspecified atom stereocenters. The van der Waals surface area contributed by atoms with Gasteiger partial charge in [0, 0.05) is 19.2 Å². The molecule has 4 rings (SSSR count). The first-order valence-corrected chi connectivity index (χ1v) is 11.0. The van der Waals surface area contributed by atoms with Crippen LogP contribution in [0, 0.1) is 0 Å². The molecule has 2 heterocycles. The highest BCUT2D eigenvalue weighted by Crippen LogP contribution is 2.40. The zero-order chi connectivity index (χ0) is 17.8. The largest absolute Gasteiger partial charge is 0.140 e. The van der Waals surface area contributed by atoms with E-state index in [-0.39, 0.29) is 5.41 Å². The molecule has 0 N–H and O–H groups in total. The lowest BCUT2D eigenvalue weighted by molar-refractivity contribution is 0.517. The molecule has 1 atom stereocenters. The van der Waals surface area contributed by atoms with Crippen molar-refractivity contribution in [3.8, 4) is 0 Å². The monoisotopic (exact) mass is 366 g/mol. The number of rotatable bonds is 4. The van der Waals surface area contributed by atoms with Crippen molar-refractivity contribution >= 4 is 53.6 Å². The Morgan fingerprint density at radius 3 is 2.00 bits per heavy atom. The van der Waals surface area contributed by atoms with Crippen molar-refractivity contribution < 1.29 is 0 Å². The van der Waals surface area contributed by atoms with Crippen LogP contribution in [0.5, 0.6) is 0 Å². The summed E-state index contributed by atoms with van der Waals surface area (Å²) in [4.78, 5) is 3.02. The van der Waals surface area contributed by atoms with Gasteiger partial charge in [-0.05, 0) is 82.1 Å². The first kappa shape index (κ1) is 17.1. The number of benzene rings is 2. The van der Waals surface area contributed by atoms with E-state index < -0.39 is 0 Å². The van der Waals surface area contributed by atoms with Gasteiger partial charge < -0.3 is 0 Å². The fourth-order valence-corrected chi connectivity index (χ4v) is 5.79. The molecule has 0 amide bonds. The van der Waals surface area contributed by atoms with Crippen molar-refractivity contribution in [3.63, 3.8) is 0 Å². The molecule has 2 heteroatoms. The lowest BCUT2D eigenvalue weighted by Crippen LogP contribution is -2.12. The first-order chi connectivity index (χ1) is 11.9. The molecular weight excluding hydrogens is 340 g/mol. The number of hydrogen-bond acceptors (Lipinski definition) is 2. The minimum atomic E-state index is 0.265. The molecule has 0 saturated carbocycles. The Morgan fingerprint density at radius 1 is 0.800 bits per heavy atom. The van der Waals surface area contributed by atoms with Crippen molar-refractivity contribution in [2.24, 2.45) is 0 Å². The lowest BCUT2D eigenvalue weighted by Gasteiger charge is -2.20. The third kappa shape index (κ3) is 2.90. The second-order valence-corrected chi connectivity index (χ2v) is 10.1. The van der Waals surface area contributed by atoms with Crippen LogP contribution in [0.15, 0.2) is 36.4 Å². The zero-order valence-electron chi connectivity index (χ0n) is 15.8. The van der Waals surface area contributed by atoms with E-state index in [0.29, 0.717) is 5.92 Å².